The molecule has 4 N–H and O–H groups in total. The van der Waals surface area contributed by atoms with Crippen LogP contribution in [0.5, 0.6) is 0 Å². The third-order valence-electron chi connectivity index (χ3n) is 2.60. The summed E-state index contributed by atoms with van der Waals surface area (Å²) >= 11 is 6.67. The first kappa shape index (κ1) is 15.3. The Morgan fingerprint density at radius 3 is 2.45 bits per heavy atom. The van der Waals surface area contributed by atoms with Crippen LogP contribution >= 0.6 is 22.9 Å². The maximum absolute atomic E-state index is 11.9. The first-order chi connectivity index (χ1) is 9.38. The number of hydrogen-bond donors (Lipinski definition) is 3. The minimum Gasteiger partial charge on any atom is -0.399 e. The van der Waals surface area contributed by atoms with Crippen LogP contribution in [-0.2, 0) is 10.0 Å². The number of nitrogens with two attached hydrogens (primary N) is 1. The van der Waals surface area contributed by atoms with Gasteiger partial charge in [0, 0.05) is 12.2 Å². The molecule has 0 spiro atoms. The van der Waals surface area contributed by atoms with E-state index in [1.165, 1.54) is 12.1 Å². The van der Waals surface area contributed by atoms with Crippen molar-refractivity contribution in [2.45, 2.75) is 10.3 Å². The summed E-state index contributed by atoms with van der Waals surface area (Å²) in [5.41, 5.74) is 6.71. The number of sulfonamides is 1. The van der Waals surface area contributed by atoms with Crippen molar-refractivity contribution in [3.63, 3.8) is 0 Å². The molecule has 2 aromatic rings. The molecule has 20 heavy (non-hydrogen) atoms. The second kappa shape index (κ2) is 6.11. The van der Waals surface area contributed by atoms with E-state index in [1.807, 2.05) is 0 Å². The van der Waals surface area contributed by atoms with Gasteiger partial charge in [-0.15, -0.1) is 11.3 Å². The van der Waals surface area contributed by atoms with E-state index >= 15 is 0 Å². The number of rotatable bonds is 5. The van der Waals surface area contributed by atoms with Gasteiger partial charge in [-0.1, -0.05) is 23.7 Å². The van der Waals surface area contributed by atoms with Crippen molar-refractivity contribution >= 4 is 38.6 Å². The first-order valence-electron chi connectivity index (χ1n) is 5.67. The second-order valence-corrected chi connectivity index (χ2v) is 7.80. The van der Waals surface area contributed by atoms with Gasteiger partial charge in [0.1, 0.15) is 4.21 Å². The van der Waals surface area contributed by atoms with Crippen LogP contribution in [-0.4, -0.2) is 20.1 Å². The first-order valence-corrected chi connectivity index (χ1v) is 8.35. The van der Waals surface area contributed by atoms with E-state index in [1.54, 1.807) is 24.3 Å². The molecule has 108 valence electrons. The topological polar surface area (TPSA) is 92.4 Å². The quantitative estimate of drug-likeness (QED) is 0.730. The van der Waals surface area contributed by atoms with E-state index in [4.69, 9.17) is 17.3 Å². The predicted octanol–water partition coefficient (Wildman–Crippen LogP) is 2.00. The molecule has 0 aliphatic carbocycles. The minimum atomic E-state index is -3.65. The summed E-state index contributed by atoms with van der Waals surface area (Å²) in [6, 6.07) is 9.52. The number of hydrogen-bond acceptors (Lipinski definition) is 5. The van der Waals surface area contributed by atoms with Gasteiger partial charge in [0.2, 0.25) is 10.0 Å². The number of aliphatic hydroxyl groups is 1. The Kier molecular flexibility index (Phi) is 4.66. The van der Waals surface area contributed by atoms with Crippen LogP contribution in [0.1, 0.15) is 11.7 Å². The fourth-order valence-corrected chi connectivity index (χ4v) is 4.10. The summed E-state index contributed by atoms with van der Waals surface area (Å²) in [4.78, 5) is 0. The zero-order valence-corrected chi connectivity index (χ0v) is 12.7. The van der Waals surface area contributed by atoms with E-state index in [-0.39, 0.29) is 10.8 Å². The molecule has 1 heterocycles. The molecule has 0 radical (unpaired) electrons. The molecule has 2 rings (SSSR count). The molecule has 0 saturated heterocycles. The molecule has 1 unspecified atom stereocenters. The third-order valence-corrected chi connectivity index (χ3v) is 5.75. The summed E-state index contributed by atoms with van der Waals surface area (Å²) in [5.74, 6) is 0. The van der Waals surface area contributed by atoms with Crippen LogP contribution in [0.2, 0.25) is 4.34 Å². The highest BCUT2D eigenvalue weighted by atomic mass is 35.5. The lowest BCUT2D eigenvalue weighted by Crippen LogP contribution is -2.28. The van der Waals surface area contributed by atoms with Gasteiger partial charge in [0.15, 0.2) is 0 Å². The highest BCUT2D eigenvalue weighted by Gasteiger charge is 2.18. The van der Waals surface area contributed by atoms with Crippen LogP contribution in [0.3, 0.4) is 0 Å². The fraction of sp³-hybridized carbons (Fsp3) is 0.167. The third kappa shape index (κ3) is 3.71. The molecule has 0 aliphatic rings. The molecular weight excluding hydrogens is 320 g/mol. The molecule has 0 saturated carbocycles. The second-order valence-electron chi connectivity index (χ2n) is 4.09. The van der Waals surface area contributed by atoms with E-state index in [0.29, 0.717) is 15.6 Å². The number of thiophene rings is 1. The lowest BCUT2D eigenvalue weighted by Gasteiger charge is -2.12. The molecule has 0 amide bonds. The van der Waals surface area contributed by atoms with Crippen molar-refractivity contribution < 1.29 is 13.5 Å². The Hall–Kier alpha value is -1.12. The lowest BCUT2D eigenvalue weighted by molar-refractivity contribution is 0.182. The average Bonchev–Trinajstić information content (AvgIpc) is 2.84. The van der Waals surface area contributed by atoms with Crippen molar-refractivity contribution in [3.8, 4) is 0 Å². The van der Waals surface area contributed by atoms with Crippen LogP contribution in [0.4, 0.5) is 5.69 Å². The molecule has 1 aromatic carbocycles. The largest absolute Gasteiger partial charge is 0.399 e. The Morgan fingerprint density at radius 2 is 1.90 bits per heavy atom. The number of aliphatic hydroxyl groups excluding tert-OH is 1. The monoisotopic (exact) mass is 332 g/mol. The highest BCUT2D eigenvalue weighted by molar-refractivity contribution is 7.91. The van der Waals surface area contributed by atoms with Crippen molar-refractivity contribution in [2.75, 3.05) is 12.3 Å². The van der Waals surface area contributed by atoms with Crippen LogP contribution in [0.15, 0.2) is 40.6 Å². The van der Waals surface area contributed by atoms with Gasteiger partial charge in [-0.3, -0.25) is 0 Å². The summed E-state index contributed by atoms with van der Waals surface area (Å²) in [6.45, 7) is -0.123. The zero-order chi connectivity index (χ0) is 14.8. The standard InChI is InChI=1S/C12H13ClN2O3S2/c13-11-5-6-12(19-11)20(17,18)15-7-10(16)8-1-3-9(14)4-2-8/h1-6,10,15-16H,7,14H2. The van der Waals surface area contributed by atoms with Crippen molar-refractivity contribution in [3.05, 3.63) is 46.3 Å². The molecule has 5 nitrogen and oxygen atoms in total. The summed E-state index contributed by atoms with van der Waals surface area (Å²) < 4.78 is 26.7. The fourth-order valence-electron chi connectivity index (χ4n) is 1.54. The minimum absolute atomic E-state index is 0.118. The lowest BCUT2D eigenvalue weighted by atomic mass is 10.1. The Labute approximate surface area is 126 Å². The van der Waals surface area contributed by atoms with Gasteiger partial charge in [0.05, 0.1) is 10.4 Å². The smallest absolute Gasteiger partial charge is 0.250 e. The Bertz CT molecular complexity index is 683. The summed E-state index contributed by atoms with van der Waals surface area (Å²) in [5, 5.41) is 9.94. The molecule has 1 atom stereocenters. The van der Waals surface area contributed by atoms with Gasteiger partial charge in [-0.25, -0.2) is 13.1 Å². The SMILES string of the molecule is Nc1ccc(C(O)CNS(=O)(=O)c2ccc(Cl)s2)cc1. The zero-order valence-electron chi connectivity index (χ0n) is 10.3. The predicted molar refractivity (Wildman–Crippen MR) is 80.3 cm³/mol. The molecule has 8 heteroatoms. The summed E-state index contributed by atoms with van der Waals surface area (Å²) in [6.07, 6.45) is -0.944. The van der Waals surface area contributed by atoms with E-state index in [9.17, 15) is 13.5 Å². The van der Waals surface area contributed by atoms with Gasteiger partial charge in [0.25, 0.3) is 0 Å². The highest BCUT2D eigenvalue weighted by Crippen LogP contribution is 2.25. The van der Waals surface area contributed by atoms with Gasteiger partial charge < -0.3 is 10.8 Å². The number of anilines is 1. The van der Waals surface area contributed by atoms with Gasteiger partial charge in [-0.05, 0) is 29.8 Å². The van der Waals surface area contributed by atoms with Gasteiger partial charge >= 0.3 is 0 Å². The molecule has 0 aliphatic heterocycles. The normalized spacial score (nSPS) is 13.3. The van der Waals surface area contributed by atoms with E-state index in [2.05, 4.69) is 4.72 Å². The molecule has 0 bridgehead atoms. The number of nitrogens with one attached hydrogen (secondary N) is 1. The average molecular weight is 333 g/mol. The van der Waals surface area contributed by atoms with E-state index in [0.717, 1.165) is 11.3 Å². The number of nitrogen functional groups attached to an aromatic ring is 1. The number of halogens is 1. The van der Waals surface area contributed by atoms with Crippen molar-refractivity contribution in [2.24, 2.45) is 0 Å². The Balaban J connectivity index is 2.03. The maximum atomic E-state index is 11.9. The Morgan fingerprint density at radius 1 is 1.25 bits per heavy atom. The van der Waals surface area contributed by atoms with Gasteiger partial charge in [-0.2, -0.15) is 0 Å². The number of benzene rings is 1. The maximum Gasteiger partial charge on any atom is 0.250 e. The van der Waals surface area contributed by atoms with Crippen molar-refractivity contribution in [1.29, 1.82) is 0 Å². The van der Waals surface area contributed by atoms with Crippen LogP contribution < -0.4 is 10.5 Å². The van der Waals surface area contributed by atoms with Crippen LogP contribution in [0, 0.1) is 0 Å². The molecule has 0 fully saturated rings. The van der Waals surface area contributed by atoms with E-state index < -0.39 is 16.1 Å². The van der Waals surface area contributed by atoms with Crippen LogP contribution in [0.25, 0.3) is 0 Å². The molecule has 1 aromatic heterocycles. The molecular formula is C12H13ClN2O3S2. The van der Waals surface area contributed by atoms with Crippen molar-refractivity contribution in [1.82, 2.24) is 4.72 Å². The summed E-state index contributed by atoms with van der Waals surface area (Å²) in [7, 11) is -3.65.